The first-order chi connectivity index (χ1) is 8.74. The van der Waals surface area contributed by atoms with Gasteiger partial charge < -0.3 is 10.5 Å². The molecule has 3 atom stereocenters. The molecule has 2 saturated heterocycles. The fraction of sp³-hybridized carbons (Fsp3) is 0.929. The summed E-state index contributed by atoms with van der Waals surface area (Å²) >= 11 is 0. The Hall–Kier alpha value is -0.610. The first-order valence-corrected chi connectivity index (χ1v) is 7.34. The van der Waals surface area contributed by atoms with Crippen molar-refractivity contribution in [3.05, 3.63) is 0 Å². The first kappa shape index (κ1) is 13.8. The number of hydrogen-bond donors (Lipinski definition) is 1. The van der Waals surface area contributed by atoms with E-state index < -0.39 is 0 Å². The highest BCUT2D eigenvalue weighted by molar-refractivity contribution is 5.69. The largest absolute Gasteiger partial charge is 0.466 e. The van der Waals surface area contributed by atoms with Crippen molar-refractivity contribution in [2.45, 2.75) is 45.1 Å². The second kappa shape index (κ2) is 6.53. The van der Waals surface area contributed by atoms with E-state index >= 15 is 0 Å². The minimum Gasteiger partial charge on any atom is -0.466 e. The van der Waals surface area contributed by atoms with Crippen LogP contribution in [-0.4, -0.2) is 43.2 Å². The second-order valence-corrected chi connectivity index (χ2v) is 5.61. The maximum atomic E-state index is 11.4. The molecule has 104 valence electrons. The van der Waals surface area contributed by atoms with Crippen molar-refractivity contribution in [2.75, 3.05) is 26.2 Å². The maximum absolute atomic E-state index is 11.4. The van der Waals surface area contributed by atoms with Gasteiger partial charge in [-0.2, -0.15) is 0 Å². The minimum absolute atomic E-state index is 0.0579. The lowest BCUT2D eigenvalue weighted by atomic mass is 9.70. The monoisotopic (exact) mass is 254 g/mol. The van der Waals surface area contributed by atoms with Crippen molar-refractivity contribution < 1.29 is 9.53 Å². The van der Waals surface area contributed by atoms with Crippen LogP contribution in [0.5, 0.6) is 0 Å². The van der Waals surface area contributed by atoms with Gasteiger partial charge >= 0.3 is 5.97 Å². The molecule has 2 N–H and O–H groups in total. The Morgan fingerprint density at radius 3 is 2.89 bits per heavy atom. The molecule has 0 aromatic heterocycles. The van der Waals surface area contributed by atoms with Crippen LogP contribution >= 0.6 is 0 Å². The number of ether oxygens (including phenoxy) is 1. The molecule has 0 radical (unpaired) electrons. The molecule has 0 amide bonds. The highest BCUT2D eigenvalue weighted by Gasteiger charge is 2.39. The van der Waals surface area contributed by atoms with Crippen LogP contribution in [0.25, 0.3) is 0 Å². The average Bonchev–Trinajstić information content (AvgIpc) is 2.38. The lowest BCUT2D eigenvalue weighted by Gasteiger charge is -2.49. The summed E-state index contributed by atoms with van der Waals surface area (Å²) in [5.41, 5.74) is 5.68. The van der Waals surface area contributed by atoms with Crippen LogP contribution < -0.4 is 5.73 Å². The molecule has 3 fully saturated rings. The molecular formula is C14H26N2O2. The third-order valence-corrected chi connectivity index (χ3v) is 4.54. The Labute approximate surface area is 110 Å². The van der Waals surface area contributed by atoms with Crippen LogP contribution in [0.15, 0.2) is 0 Å². The van der Waals surface area contributed by atoms with E-state index in [1.54, 1.807) is 0 Å². The zero-order valence-electron chi connectivity index (χ0n) is 11.4. The quantitative estimate of drug-likeness (QED) is 0.728. The molecule has 3 rings (SSSR count). The Bertz CT molecular complexity index is 283. The van der Waals surface area contributed by atoms with E-state index in [1.807, 2.05) is 6.92 Å². The number of rotatable bonds is 6. The number of hydrogen-bond acceptors (Lipinski definition) is 4. The summed E-state index contributed by atoms with van der Waals surface area (Å²) in [6.07, 6.45) is 5.65. The smallest absolute Gasteiger partial charge is 0.307 e. The highest BCUT2D eigenvalue weighted by Crippen LogP contribution is 2.40. The van der Waals surface area contributed by atoms with Crippen LogP contribution in [0, 0.1) is 11.8 Å². The normalized spacial score (nSPS) is 31.6. The number of carbonyl (C=O) groups is 1. The molecule has 3 aliphatic rings. The summed E-state index contributed by atoms with van der Waals surface area (Å²) in [4.78, 5) is 13.9. The lowest BCUT2D eigenvalue weighted by Crippen LogP contribution is -2.52. The van der Waals surface area contributed by atoms with Crippen LogP contribution in [0.4, 0.5) is 0 Å². The van der Waals surface area contributed by atoms with Gasteiger partial charge in [0.1, 0.15) is 0 Å². The summed E-state index contributed by atoms with van der Waals surface area (Å²) in [5, 5.41) is 0. The van der Waals surface area contributed by atoms with Gasteiger partial charge in [-0.3, -0.25) is 9.69 Å². The Kier molecular flexibility index (Phi) is 5.01. The molecule has 4 nitrogen and oxygen atoms in total. The third-order valence-electron chi connectivity index (χ3n) is 4.54. The molecule has 2 heterocycles. The Morgan fingerprint density at radius 2 is 2.28 bits per heavy atom. The first-order valence-electron chi connectivity index (χ1n) is 7.34. The number of nitrogens with zero attached hydrogens (tertiary/aromatic N) is 1. The van der Waals surface area contributed by atoms with E-state index in [1.165, 1.54) is 25.7 Å². The van der Waals surface area contributed by atoms with Gasteiger partial charge in [-0.15, -0.1) is 0 Å². The number of nitrogens with two attached hydrogens (primary N) is 1. The van der Waals surface area contributed by atoms with Crippen LogP contribution in [0.3, 0.4) is 0 Å². The fourth-order valence-electron chi connectivity index (χ4n) is 3.63. The molecule has 4 heteroatoms. The van der Waals surface area contributed by atoms with Gasteiger partial charge in [-0.1, -0.05) is 0 Å². The zero-order chi connectivity index (χ0) is 13.0. The molecule has 1 aliphatic carbocycles. The standard InChI is InChI=1S/C14H26N2O2/c1-2-18-14(17)6-8-16-10-12-3-4-13(16)9-11(12)5-7-15/h11-13H,2-10,15H2,1H3. The second-order valence-electron chi connectivity index (χ2n) is 5.61. The van der Waals surface area contributed by atoms with Gasteiger partial charge in [0.15, 0.2) is 0 Å². The summed E-state index contributed by atoms with van der Waals surface area (Å²) in [5.74, 6) is 1.57. The molecule has 3 unspecified atom stereocenters. The van der Waals surface area contributed by atoms with Gasteiger partial charge in [0, 0.05) is 19.1 Å². The zero-order valence-corrected chi connectivity index (χ0v) is 11.4. The van der Waals surface area contributed by atoms with Gasteiger partial charge in [0.05, 0.1) is 13.0 Å². The number of esters is 1. The van der Waals surface area contributed by atoms with Crippen molar-refractivity contribution in [3.63, 3.8) is 0 Å². The van der Waals surface area contributed by atoms with E-state index in [0.717, 1.165) is 31.5 Å². The van der Waals surface area contributed by atoms with Gasteiger partial charge in [-0.25, -0.2) is 0 Å². The van der Waals surface area contributed by atoms with Gasteiger partial charge in [0.25, 0.3) is 0 Å². The molecule has 2 bridgehead atoms. The molecule has 1 saturated carbocycles. The fourth-order valence-corrected chi connectivity index (χ4v) is 3.63. The van der Waals surface area contributed by atoms with Gasteiger partial charge in [-0.05, 0) is 51.0 Å². The van der Waals surface area contributed by atoms with E-state index in [9.17, 15) is 4.79 Å². The number of fused-ring (bicyclic) bond motifs is 3. The topological polar surface area (TPSA) is 55.6 Å². The van der Waals surface area contributed by atoms with E-state index in [0.29, 0.717) is 19.1 Å². The van der Waals surface area contributed by atoms with Crippen molar-refractivity contribution in [2.24, 2.45) is 17.6 Å². The summed E-state index contributed by atoms with van der Waals surface area (Å²) in [6, 6.07) is 0.681. The summed E-state index contributed by atoms with van der Waals surface area (Å²) in [7, 11) is 0. The predicted molar refractivity (Wildman–Crippen MR) is 71.1 cm³/mol. The van der Waals surface area contributed by atoms with Crippen LogP contribution in [-0.2, 0) is 9.53 Å². The highest BCUT2D eigenvalue weighted by atomic mass is 16.5. The predicted octanol–water partition coefficient (Wildman–Crippen LogP) is 1.39. The van der Waals surface area contributed by atoms with Gasteiger partial charge in [0.2, 0.25) is 0 Å². The summed E-state index contributed by atoms with van der Waals surface area (Å²) in [6.45, 7) is 5.20. The van der Waals surface area contributed by atoms with Crippen molar-refractivity contribution >= 4 is 5.97 Å². The Morgan fingerprint density at radius 1 is 1.44 bits per heavy atom. The average molecular weight is 254 g/mol. The van der Waals surface area contributed by atoms with E-state index in [4.69, 9.17) is 10.5 Å². The molecule has 0 aromatic carbocycles. The lowest BCUT2D eigenvalue weighted by molar-refractivity contribution is -0.144. The van der Waals surface area contributed by atoms with Crippen molar-refractivity contribution in [1.29, 1.82) is 0 Å². The molecule has 0 aromatic rings. The molecule has 2 aliphatic heterocycles. The van der Waals surface area contributed by atoms with E-state index in [-0.39, 0.29) is 5.97 Å². The van der Waals surface area contributed by atoms with Crippen LogP contribution in [0.1, 0.15) is 39.0 Å². The van der Waals surface area contributed by atoms with Crippen molar-refractivity contribution in [3.8, 4) is 0 Å². The molecule has 18 heavy (non-hydrogen) atoms. The molecular weight excluding hydrogens is 228 g/mol. The summed E-state index contributed by atoms with van der Waals surface area (Å²) < 4.78 is 4.99. The molecule has 0 spiro atoms. The minimum atomic E-state index is -0.0579. The SMILES string of the molecule is CCOC(=O)CCN1CC2CCC1CC2CCN. The van der Waals surface area contributed by atoms with E-state index in [2.05, 4.69) is 4.90 Å². The number of carbonyl (C=O) groups excluding carboxylic acids is 1. The Balaban J connectivity index is 1.78. The number of piperidine rings is 2. The van der Waals surface area contributed by atoms with Crippen molar-refractivity contribution in [1.82, 2.24) is 4.90 Å². The van der Waals surface area contributed by atoms with Crippen LogP contribution in [0.2, 0.25) is 0 Å². The maximum Gasteiger partial charge on any atom is 0.307 e. The third kappa shape index (κ3) is 3.23.